The van der Waals surface area contributed by atoms with E-state index >= 15 is 0 Å². The van der Waals surface area contributed by atoms with Crippen LogP contribution in [0.25, 0.3) is 0 Å². The molecule has 1 aliphatic heterocycles. The first kappa shape index (κ1) is 18.7. The maximum atomic E-state index is 5.29. The Morgan fingerprint density at radius 1 is 1.33 bits per heavy atom. The molecule has 1 aromatic rings. The molecule has 2 heterocycles. The number of hydrogen-bond acceptors (Lipinski definition) is 4. The van der Waals surface area contributed by atoms with Gasteiger partial charge in [-0.25, -0.2) is 0 Å². The van der Waals surface area contributed by atoms with Gasteiger partial charge in [0.1, 0.15) is 0 Å². The maximum Gasteiger partial charge on any atom is 0.226 e. The molecule has 0 atom stereocenters. The number of likely N-dealkylation sites (tertiary alicyclic amines) is 1. The molecule has 1 N–H and O–H groups in total. The standard InChI is InChI=1S/C18H33N5O/c1-8-19-16(23-12-17(4,5)18(23,6)7)20-11-9-10-14-21-15(13(2)3)22-24-14/h13H,8-12H2,1-7H3,(H,19,20). The van der Waals surface area contributed by atoms with E-state index in [9.17, 15) is 0 Å². The van der Waals surface area contributed by atoms with E-state index in [2.05, 4.69) is 68.8 Å². The van der Waals surface area contributed by atoms with Crippen LogP contribution in [0.15, 0.2) is 9.52 Å². The van der Waals surface area contributed by atoms with Gasteiger partial charge < -0.3 is 14.7 Å². The second kappa shape index (κ2) is 7.11. The third-order valence-electron chi connectivity index (χ3n) is 5.29. The highest BCUT2D eigenvalue weighted by molar-refractivity contribution is 5.82. The van der Waals surface area contributed by atoms with Gasteiger partial charge in [-0.05, 0) is 27.2 Å². The van der Waals surface area contributed by atoms with Gasteiger partial charge in [-0.3, -0.25) is 4.99 Å². The van der Waals surface area contributed by atoms with E-state index in [-0.39, 0.29) is 5.54 Å². The van der Waals surface area contributed by atoms with Gasteiger partial charge in [0.25, 0.3) is 0 Å². The maximum absolute atomic E-state index is 5.29. The summed E-state index contributed by atoms with van der Waals surface area (Å²) < 4.78 is 5.29. The second-order valence-corrected chi connectivity index (χ2v) is 8.07. The zero-order valence-corrected chi connectivity index (χ0v) is 16.3. The molecular weight excluding hydrogens is 302 g/mol. The Morgan fingerprint density at radius 2 is 2.04 bits per heavy atom. The molecule has 0 bridgehead atoms. The Hall–Kier alpha value is -1.59. The zero-order chi connectivity index (χ0) is 18.0. The van der Waals surface area contributed by atoms with Gasteiger partial charge >= 0.3 is 0 Å². The van der Waals surface area contributed by atoms with Crippen molar-refractivity contribution in [1.29, 1.82) is 0 Å². The molecule has 1 fully saturated rings. The topological polar surface area (TPSA) is 66.5 Å². The number of nitrogens with zero attached hydrogens (tertiary/aromatic N) is 4. The summed E-state index contributed by atoms with van der Waals surface area (Å²) in [7, 11) is 0. The van der Waals surface area contributed by atoms with Gasteiger partial charge in [-0.2, -0.15) is 4.98 Å². The predicted molar refractivity (Wildman–Crippen MR) is 97.3 cm³/mol. The van der Waals surface area contributed by atoms with Gasteiger partial charge in [0.2, 0.25) is 5.89 Å². The first-order chi connectivity index (χ1) is 11.2. The first-order valence-corrected chi connectivity index (χ1v) is 9.07. The van der Waals surface area contributed by atoms with Crippen LogP contribution in [0.1, 0.15) is 72.5 Å². The Bertz CT molecular complexity index is 574. The number of nitrogens with one attached hydrogen (secondary N) is 1. The van der Waals surface area contributed by atoms with Gasteiger partial charge in [-0.15, -0.1) is 0 Å². The summed E-state index contributed by atoms with van der Waals surface area (Å²) in [6, 6.07) is 0. The summed E-state index contributed by atoms with van der Waals surface area (Å²) in [6.45, 7) is 18.1. The number of aliphatic imine (C=N–C) groups is 1. The average Bonchev–Trinajstić information content (AvgIpc) is 2.97. The van der Waals surface area contributed by atoms with Crippen molar-refractivity contribution in [2.75, 3.05) is 19.6 Å². The van der Waals surface area contributed by atoms with Crippen molar-refractivity contribution >= 4 is 5.96 Å². The van der Waals surface area contributed by atoms with E-state index in [1.54, 1.807) is 0 Å². The Kier molecular flexibility index (Phi) is 5.56. The predicted octanol–water partition coefficient (Wildman–Crippen LogP) is 3.21. The summed E-state index contributed by atoms with van der Waals surface area (Å²) in [5.41, 5.74) is 0.423. The van der Waals surface area contributed by atoms with Crippen LogP contribution in [0.4, 0.5) is 0 Å². The highest BCUT2D eigenvalue weighted by Gasteiger charge is 2.53. The van der Waals surface area contributed by atoms with Crippen molar-refractivity contribution < 1.29 is 4.52 Å². The second-order valence-electron chi connectivity index (χ2n) is 8.07. The molecule has 136 valence electrons. The molecule has 0 aromatic carbocycles. The van der Waals surface area contributed by atoms with Crippen molar-refractivity contribution in [3.05, 3.63) is 11.7 Å². The lowest BCUT2D eigenvalue weighted by atomic mass is 9.65. The molecule has 1 aromatic heterocycles. The van der Waals surface area contributed by atoms with E-state index in [1.165, 1.54) is 0 Å². The smallest absolute Gasteiger partial charge is 0.226 e. The number of guanidine groups is 1. The van der Waals surface area contributed by atoms with Crippen LogP contribution in [-0.2, 0) is 6.42 Å². The highest BCUT2D eigenvalue weighted by atomic mass is 16.5. The fraction of sp³-hybridized carbons (Fsp3) is 0.833. The lowest BCUT2D eigenvalue weighted by molar-refractivity contribution is -0.0667. The molecule has 2 rings (SSSR count). The van der Waals surface area contributed by atoms with Gasteiger partial charge in [0.15, 0.2) is 11.8 Å². The highest BCUT2D eigenvalue weighted by Crippen LogP contribution is 2.46. The fourth-order valence-electron chi connectivity index (χ4n) is 2.81. The number of hydrogen-bond donors (Lipinski definition) is 1. The van der Waals surface area contributed by atoms with Crippen LogP contribution in [0, 0.1) is 5.41 Å². The molecule has 1 aliphatic rings. The van der Waals surface area contributed by atoms with Crippen molar-refractivity contribution in [2.24, 2.45) is 10.4 Å². The lowest BCUT2D eigenvalue weighted by Crippen LogP contribution is -2.72. The molecule has 0 spiro atoms. The van der Waals surface area contributed by atoms with Crippen LogP contribution in [0.5, 0.6) is 0 Å². The summed E-state index contributed by atoms with van der Waals surface area (Å²) in [6.07, 6.45) is 1.68. The SMILES string of the molecule is CCNC(=NCCCc1nc(C(C)C)no1)N1CC(C)(C)C1(C)C. The Morgan fingerprint density at radius 3 is 2.54 bits per heavy atom. The molecule has 6 nitrogen and oxygen atoms in total. The largest absolute Gasteiger partial charge is 0.356 e. The normalized spacial score (nSPS) is 19.5. The molecule has 0 aliphatic carbocycles. The number of rotatable bonds is 6. The first-order valence-electron chi connectivity index (χ1n) is 9.07. The van der Waals surface area contributed by atoms with Crippen molar-refractivity contribution in [1.82, 2.24) is 20.4 Å². The van der Waals surface area contributed by atoms with Gasteiger partial charge in [-0.1, -0.05) is 32.9 Å². The molecule has 24 heavy (non-hydrogen) atoms. The molecule has 0 saturated carbocycles. The molecule has 0 radical (unpaired) electrons. The van der Waals surface area contributed by atoms with Crippen LogP contribution >= 0.6 is 0 Å². The van der Waals surface area contributed by atoms with Crippen molar-refractivity contribution in [3.63, 3.8) is 0 Å². The van der Waals surface area contributed by atoms with Gasteiger partial charge in [0.05, 0.1) is 0 Å². The van der Waals surface area contributed by atoms with Crippen LogP contribution < -0.4 is 5.32 Å². The van der Waals surface area contributed by atoms with E-state index in [0.29, 0.717) is 17.2 Å². The van der Waals surface area contributed by atoms with Crippen molar-refractivity contribution in [2.45, 2.75) is 72.8 Å². The molecule has 0 unspecified atom stereocenters. The Labute approximate surface area is 146 Å². The quantitative estimate of drug-likeness (QED) is 0.491. The summed E-state index contributed by atoms with van der Waals surface area (Å²) in [5, 5.41) is 7.42. The van der Waals surface area contributed by atoms with Crippen LogP contribution in [0.2, 0.25) is 0 Å². The summed E-state index contributed by atoms with van der Waals surface area (Å²) in [5.74, 6) is 2.81. The van der Waals surface area contributed by atoms with Crippen molar-refractivity contribution in [3.8, 4) is 0 Å². The monoisotopic (exact) mass is 335 g/mol. The van der Waals surface area contributed by atoms with E-state index in [1.807, 2.05) is 0 Å². The van der Waals surface area contributed by atoms with Crippen LogP contribution in [-0.4, -0.2) is 46.2 Å². The van der Waals surface area contributed by atoms with E-state index in [0.717, 1.165) is 44.3 Å². The van der Waals surface area contributed by atoms with Gasteiger partial charge in [0, 0.05) is 42.9 Å². The Balaban J connectivity index is 1.90. The third kappa shape index (κ3) is 3.73. The minimum Gasteiger partial charge on any atom is -0.356 e. The summed E-state index contributed by atoms with van der Waals surface area (Å²) >= 11 is 0. The minimum atomic E-state index is 0.118. The lowest BCUT2D eigenvalue weighted by Gasteiger charge is -2.62. The molecular formula is C18H33N5O. The van der Waals surface area contributed by atoms with E-state index in [4.69, 9.17) is 9.52 Å². The number of aromatic nitrogens is 2. The average molecular weight is 335 g/mol. The molecule has 0 amide bonds. The molecule has 1 saturated heterocycles. The summed E-state index contributed by atoms with van der Waals surface area (Å²) in [4.78, 5) is 11.6. The zero-order valence-electron chi connectivity index (χ0n) is 16.3. The minimum absolute atomic E-state index is 0.118. The fourth-order valence-corrected chi connectivity index (χ4v) is 2.81. The van der Waals surface area contributed by atoms with E-state index < -0.39 is 0 Å². The van der Waals surface area contributed by atoms with Crippen LogP contribution in [0.3, 0.4) is 0 Å². The molecule has 6 heteroatoms. The number of aryl methyl sites for hydroxylation is 1. The third-order valence-corrected chi connectivity index (χ3v) is 5.29.